The van der Waals surface area contributed by atoms with Gasteiger partial charge in [-0.15, -0.1) is 0 Å². The molecule has 9 heteroatoms. The van der Waals surface area contributed by atoms with E-state index in [0.717, 1.165) is 63.4 Å². The summed E-state index contributed by atoms with van der Waals surface area (Å²) in [6.07, 6.45) is 3.74. The highest BCUT2D eigenvalue weighted by atomic mass is 16.5. The van der Waals surface area contributed by atoms with Crippen LogP contribution in [0.5, 0.6) is 6.01 Å². The zero-order chi connectivity index (χ0) is 26.9. The molecule has 1 aromatic heterocycles. The van der Waals surface area contributed by atoms with Crippen LogP contribution in [-0.4, -0.2) is 78.0 Å². The van der Waals surface area contributed by atoms with Crippen LogP contribution in [0.25, 0.3) is 10.8 Å². The van der Waals surface area contributed by atoms with Crippen LogP contribution in [0.4, 0.5) is 16.3 Å². The summed E-state index contributed by atoms with van der Waals surface area (Å²) in [5.74, 6) is 0.956. The third-order valence-corrected chi connectivity index (χ3v) is 8.65. The van der Waals surface area contributed by atoms with Gasteiger partial charge in [-0.1, -0.05) is 30.3 Å². The SMILES string of the molecule is Cc1cccc2cccc(N3CCc4c(nc(OC[C@@H]5CCCN5C)nc4N4CCC(NC(=O)O)CC4)C3)c12. The van der Waals surface area contributed by atoms with Gasteiger partial charge in [0.05, 0.1) is 12.2 Å². The summed E-state index contributed by atoms with van der Waals surface area (Å²) in [6.45, 7) is 6.97. The van der Waals surface area contributed by atoms with E-state index in [1.807, 2.05) is 0 Å². The first kappa shape index (κ1) is 25.7. The van der Waals surface area contributed by atoms with Crippen molar-refractivity contribution < 1.29 is 14.6 Å². The van der Waals surface area contributed by atoms with Crippen molar-refractivity contribution in [2.75, 3.05) is 49.6 Å². The average Bonchev–Trinajstić information content (AvgIpc) is 3.35. The first-order valence-electron chi connectivity index (χ1n) is 14.2. The number of aromatic nitrogens is 2. The molecule has 2 fully saturated rings. The Hall–Kier alpha value is -3.59. The van der Waals surface area contributed by atoms with Crippen molar-refractivity contribution in [2.45, 2.75) is 57.7 Å². The molecule has 206 valence electrons. The standard InChI is InChI=1S/C30H38N6O3/c1-20-6-3-7-21-8-4-10-26(27(20)21)36-17-13-24-25(18-36)32-29(39-19-23-9-5-14-34(23)2)33-28(24)35-15-11-22(12-16-35)31-30(37)38/h3-4,6-8,10,22-23,31H,5,9,11-19H2,1-2H3,(H,37,38)/t23-/m0/s1. The number of anilines is 2. The van der Waals surface area contributed by atoms with Gasteiger partial charge in [-0.3, -0.25) is 0 Å². The van der Waals surface area contributed by atoms with Gasteiger partial charge in [-0.05, 0) is 69.6 Å². The monoisotopic (exact) mass is 530 g/mol. The van der Waals surface area contributed by atoms with E-state index in [1.54, 1.807) is 0 Å². The van der Waals surface area contributed by atoms with Crippen molar-refractivity contribution >= 4 is 28.4 Å². The summed E-state index contributed by atoms with van der Waals surface area (Å²) in [5.41, 5.74) is 4.74. The number of amides is 1. The van der Waals surface area contributed by atoms with Crippen LogP contribution < -0.4 is 19.9 Å². The van der Waals surface area contributed by atoms with Gasteiger partial charge >= 0.3 is 12.1 Å². The Bertz CT molecular complexity index is 1350. The lowest BCUT2D eigenvalue weighted by molar-refractivity contribution is 0.186. The second kappa shape index (κ2) is 10.9. The van der Waals surface area contributed by atoms with E-state index >= 15 is 0 Å². The molecule has 3 aliphatic rings. The lowest BCUT2D eigenvalue weighted by Gasteiger charge is -2.37. The number of nitrogens with one attached hydrogen (secondary N) is 1. The second-order valence-electron chi connectivity index (χ2n) is 11.2. The maximum Gasteiger partial charge on any atom is 0.404 e. The Labute approximate surface area is 229 Å². The molecule has 0 radical (unpaired) electrons. The molecule has 1 atom stereocenters. The number of rotatable bonds is 6. The minimum absolute atomic E-state index is 0.0184. The Kier molecular flexibility index (Phi) is 7.16. The first-order valence-corrected chi connectivity index (χ1v) is 14.2. The van der Waals surface area contributed by atoms with Gasteiger partial charge in [0.2, 0.25) is 0 Å². The number of fused-ring (bicyclic) bond motifs is 2. The predicted molar refractivity (Wildman–Crippen MR) is 153 cm³/mol. The molecule has 9 nitrogen and oxygen atoms in total. The molecule has 0 spiro atoms. The van der Waals surface area contributed by atoms with E-state index < -0.39 is 6.09 Å². The molecular weight excluding hydrogens is 492 g/mol. The topological polar surface area (TPSA) is 94.1 Å². The smallest absolute Gasteiger partial charge is 0.404 e. The maximum atomic E-state index is 11.1. The number of benzene rings is 2. The number of likely N-dealkylation sites (tertiary alicyclic amines) is 1. The number of piperidine rings is 1. The molecule has 2 aromatic carbocycles. The van der Waals surface area contributed by atoms with Gasteiger partial charge in [-0.25, -0.2) is 4.79 Å². The van der Waals surface area contributed by atoms with Crippen molar-refractivity contribution in [3.63, 3.8) is 0 Å². The summed E-state index contributed by atoms with van der Waals surface area (Å²) < 4.78 is 6.26. The predicted octanol–water partition coefficient (Wildman–Crippen LogP) is 4.21. The Balaban J connectivity index is 1.30. The number of carboxylic acid groups (broad SMARTS) is 1. The largest absolute Gasteiger partial charge is 0.465 e. The highest BCUT2D eigenvalue weighted by molar-refractivity contribution is 5.97. The molecule has 2 N–H and O–H groups in total. The van der Waals surface area contributed by atoms with Crippen LogP contribution in [0.15, 0.2) is 36.4 Å². The van der Waals surface area contributed by atoms with Crippen molar-refractivity contribution in [3.8, 4) is 6.01 Å². The Morgan fingerprint density at radius 2 is 1.85 bits per heavy atom. The van der Waals surface area contributed by atoms with Crippen LogP contribution in [-0.2, 0) is 13.0 Å². The molecule has 3 aromatic rings. The highest BCUT2D eigenvalue weighted by Gasteiger charge is 2.30. The van der Waals surface area contributed by atoms with Crippen molar-refractivity contribution in [2.24, 2.45) is 0 Å². The molecule has 0 bridgehead atoms. The highest BCUT2D eigenvalue weighted by Crippen LogP contribution is 2.36. The summed E-state index contributed by atoms with van der Waals surface area (Å²) in [4.78, 5) is 28.2. The third-order valence-electron chi connectivity index (χ3n) is 8.65. The Morgan fingerprint density at radius 3 is 2.59 bits per heavy atom. The summed E-state index contributed by atoms with van der Waals surface area (Å²) in [5, 5.41) is 14.3. The van der Waals surface area contributed by atoms with E-state index in [9.17, 15) is 4.79 Å². The van der Waals surface area contributed by atoms with Crippen LogP contribution >= 0.6 is 0 Å². The van der Waals surface area contributed by atoms with Crippen molar-refractivity contribution in [1.82, 2.24) is 20.2 Å². The molecule has 39 heavy (non-hydrogen) atoms. The lowest BCUT2D eigenvalue weighted by atomic mass is 9.99. The Morgan fingerprint density at radius 1 is 1.05 bits per heavy atom. The lowest BCUT2D eigenvalue weighted by Crippen LogP contribution is -2.45. The number of hydrogen-bond donors (Lipinski definition) is 2. The van der Waals surface area contributed by atoms with E-state index in [2.05, 4.69) is 70.4 Å². The number of likely N-dealkylation sites (N-methyl/N-ethyl adjacent to an activating group) is 1. The van der Waals surface area contributed by atoms with Gasteiger partial charge in [0.25, 0.3) is 0 Å². The van der Waals surface area contributed by atoms with E-state index in [4.69, 9.17) is 19.8 Å². The first-order chi connectivity index (χ1) is 19.0. The molecule has 6 rings (SSSR count). The van der Waals surface area contributed by atoms with Crippen molar-refractivity contribution in [1.29, 1.82) is 0 Å². The molecule has 1 amide bonds. The number of carbonyl (C=O) groups is 1. The van der Waals surface area contributed by atoms with E-state index in [0.29, 0.717) is 25.2 Å². The molecular formula is C30H38N6O3. The number of ether oxygens (including phenoxy) is 1. The fourth-order valence-corrected chi connectivity index (χ4v) is 6.46. The molecule has 0 saturated carbocycles. The average molecular weight is 531 g/mol. The second-order valence-corrected chi connectivity index (χ2v) is 11.2. The fourth-order valence-electron chi connectivity index (χ4n) is 6.46. The molecule has 0 aliphatic carbocycles. The van der Waals surface area contributed by atoms with Gasteiger partial charge < -0.3 is 29.9 Å². The number of aryl methyl sites for hydroxylation is 1. The van der Waals surface area contributed by atoms with Crippen molar-refractivity contribution in [3.05, 3.63) is 53.2 Å². The zero-order valence-corrected chi connectivity index (χ0v) is 22.9. The minimum atomic E-state index is -0.954. The third kappa shape index (κ3) is 5.32. The summed E-state index contributed by atoms with van der Waals surface area (Å²) >= 11 is 0. The van der Waals surface area contributed by atoms with E-state index in [1.165, 1.54) is 34.0 Å². The number of nitrogens with zero attached hydrogens (tertiary/aromatic N) is 5. The number of hydrogen-bond acceptors (Lipinski definition) is 7. The van der Waals surface area contributed by atoms with E-state index in [-0.39, 0.29) is 6.04 Å². The van der Waals surface area contributed by atoms with Gasteiger partial charge in [0.1, 0.15) is 12.4 Å². The molecule has 3 aliphatic heterocycles. The summed E-state index contributed by atoms with van der Waals surface area (Å²) in [6, 6.07) is 13.8. The zero-order valence-electron chi connectivity index (χ0n) is 22.9. The molecule has 0 unspecified atom stereocenters. The quantitative estimate of drug-likeness (QED) is 0.490. The normalized spacial score (nSPS) is 20.3. The molecule has 2 saturated heterocycles. The van der Waals surface area contributed by atoms with Crippen LogP contribution in [0.2, 0.25) is 0 Å². The van der Waals surface area contributed by atoms with Crippen LogP contribution in [0, 0.1) is 6.92 Å². The minimum Gasteiger partial charge on any atom is -0.465 e. The molecule has 4 heterocycles. The maximum absolute atomic E-state index is 11.1. The van der Waals surface area contributed by atoms with Crippen LogP contribution in [0.1, 0.15) is 42.5 Å². The van der Waals surface area contributed by atoms with Crippen LogP contribution in [0.3, 0.4) is 0 Å². The van der Waals surface area contributed by atoms with Gasteiger partial charge in [-0.2, -0.15) is 9.97 Å². The fraction of sp³-hybridized carbons (Fsp3) is 0.500. The summed E-state index contributed by atoms with van der Waals surface area (Å²) in [7, 11) is 2.15. The van der Waals surface area contributed by atoms with Gasteiger partial charge in [0, 0.05) is 48.4 Å². The van der Waals surface area contributed by atoms with Gasteiger partial charge in [0.15, 0.2) is 0 Å².